The van der Waals surface area contributed by atoms with Crippen LogP contribution in [0, 0.1) is 0 Å². The maximum Gasteiger partial charge on any atom is 0.338 e. The molecule has 26 heavy (non-hydrogen) atoms. The van der Waals surface area contributed by atoms with Crippen molar-refractivity contribution in [2.75, 3.05) is 36.8 Å². The number of rotatable bonds is 7. The van der Waals surface area contributed by atoms with Gasteiger partial charge in [-0.25, -0.2) is 13.2 Å². The topological polar surface area (TPSA) is 84.0 Å². The zero-order valence-corrected chi connectivity index (χ0v) is 16.1. The van der Waals surface area contributed by atoms with E-state index in [2.05, 4.69) is 6.58 Å². The molecule has 1 amide bonds. The van der Waals surface area contributed by atoms with Gasteiger partial charge in [0.15, 0.2) is 6.61 Å². The normalized spacial score (nSPS) is 13.3. The predicted molar refractivity (Wildman–Crippen MR) is 99.7 cm³/mol. The van der Waals surface area contributed by atoms with Gasteiger partial charge in [0.1, 0.15) is 0 Å². The maximum absolute atomic E-state index is 12.2. The number of hydrogen-bond acceptors (Lipinski definition) is 5. The van der Waals surface area contributed by atoms with Crippen LogP contribution < -0.4 is 4.31 Å². The lowest BCUT2D eigenvalue weighted by molar-refractivity contribution is -0.133. The molecule has 0 fully saturated rings. The first kappa shape index (κ1) is 20.0. The van der Waals surface area contributed by atoms with Crippen molar-refractivity contribution in [1.82, 2.24) is 4.90 Å². The summed E-state index contributed by atoms with van der Waals surface area (Å²) < 4.78 is 29.9. The van der Waals surface area contributed by atoms with E-state index in [1.54, 1.807) is 17.0 Å². The fourth-order valence-electron chi connectivity index (χ4n) is 2.85. The van der Waals surface area contributed by atoms with Crippen molar-refractivity contribution in [2.45, 2.75) is 20.3 Å². The maximum atomic E-state index is 12.2. The Morgan fingerprint density at radius 2 is 2.04 bits per heavy atom. The van der Waals surface area contributed by atoms with E-state index in [1.165, 1.54) is 10.4 Å². The number of amides is 1. The van der Waals surface area contributed by atoms with Crippen LogP contribution in [0.3, 0.4) is 0 Å². The summed E-state index contributed by atoms with van der Waals surface area (Å²) in [7, 11) is -3.33. The summed E-state index contributed by atoms with van der Waals surface area (Å²) in [5, 5.41) is 0. The van der Waals surface area contributed by atoms with Crippen molar-refractivity contribution in [3.05, 3.63) is 41.5 Å². The SMILES string of the molecule is C=C(C)CN(CC)C(=O)COC(=O)c1ccc2c(c1)CCN2S(C)(=O)=O. The first-order valence-electron chi connectivity index (χ1n) is 8.33. The van der Waals surface area contributed by atoms with E-state index in [9.17, 15) is 18.0 Å². The molecule has 1 aliphatic rings. The molecule has 0 bridgehead atoms. The predicted octanol–water partition coefficient (Wildman–Crippen LogP) is 1.59. The number of anilines is 1. The fourth-order valence-corrected chi connectivity index (χ4v) is 3.81. The smallest absolute Gasteiger partial charge is 0.338 e. The lowest BCUT2D eigenvalue weighted by Gasteiger charge is -2.20. The standard InChI is InChI=1S/C18H24N2O5S/c1-5-19(11-13(2)3)17(21)12-25-18(22)15-6-7-16-14(10-15)8-9-20(16)26(4,23)24/h6-7,10H,2,5,8-9,11-12H2,1,3-4H3. The molecule has 0 aromatic heterocycles. The van der Waals surface area contributed by atoms with Gasteiger partial charge in [-0.05, 0) is 44.0 Å². The van der Waals surface area contributed by atoms with Crippen molar-refractivity contribution in [1.29, 1.82) is 0 Å². The van der Waals surface area contributed by atoms with Gasteiger partial charge in [0.2, 0.25) is 10.0 Å². The third-order valence-electron chi connectivity index (χ3n) is 4.09. The van der Waals surface area contributed by atoms with Crippen molar-refractivity contribution in [3.8, 4) is 0 Å². The Morgan fingerprint density at radius 3 is 2.62 bits per heavy atom. The molecule has 142 valence electrons. The Hall–Kier alpha value is -2.35. The molecule has 7 nitrogen and oxygen atoms in total. The number of ether oxygens (including phenoxy) is 1. The van der Waals surface area contributed by atoms with Crippen LogP contribution in [0.1, 0.15) is 29.8 Å². The summed E-state index contributed by atoms with van der Waals surface area (Å²) >= 11 is 0. The van der Waals surface area contributed by atoms with Crippen LogP contribution in [0.5, 0.6) is 0 Å². The second-order valence-electron chi connectivity index (χ2n) is 6.37. The van der Waals surface area contributed by atoms with Gasteiger partial charge in [-0.3, -0.25) is 9.10 Å². The van der Waals surface area contributed by atoms with Crippen LogP contribution >= 0.6 is 0 Å². The number of nitrogens with zero attached hydrogens (tertiary/aromatic N) is 2. The second kappa shape index (κ2) is 7.90. The summed E-state index contributed by atoms with van der Waals surface area (Å²) in [4.78, 5) is 25.9. The first-order valence-corrected chi connectivity index (χ1v) is 10.2. The van der Waals surface area contributed by atoms with Gasteiger partial charge in [0.25, 0.3) is 5.91 Å². The minimum Gasteiger partial charge on any atom is -0.452 e. The molecule has 0 unspecified atom stereocenters. The molecular formula is C18H24N2O5S. The Balaban J connectivity index is 2.03. The lowest BCUT2D eigenvalue weighted by atomic mass is 10.1. The first-order chi connectivity index (χ1) is 12.1. The molecule has 0 atom stereocenters. The number of sulfonamides is 1. The summed E-state index contributed by atoms with van der Waals surface area (Å²) in [6.07, 6.45) is 1.69. The van der Waals surface area contributed by atoms with Crippen LogP contribution in [0.15, 0.2) is 30.4 Å². The van der Waals surface area contributed by atoms with Crippen LogP contribution in [-0.2, 0) is 26.0 Å². The molecule has 1 aromatic rings. The Kier molecular flexibility index (Phi) is 6.07. The number of esters is 1. The van der Waals surface area contributed by atoms with E-state index in [4.69, 9.17) is 4.74 Å². The number of likely N-dealkylation sites (N-methyl/N-ethyl adjacent to an activating group) is 1. The van der Waals surface area contributed by atoms with Crippen LogP contribution in [0.2, 0.25) is 0 Å². The highest BCUT2D eigenvalue weighted by Gasteiger charge is 2.27. The van der Waals surface area contributed by atoms with E-state index in [1.807, 2.05) is 13.8 Å². The molecule has 0 N–H and O–H groups in total. The molecule has 0 aliphatic carbocycles. The van der Waals surface area contributed by atoms with Gasteiger partial charge in [0, 0.05) is 19.6 Å². The molecule has 0 spiro atoms. The van der Waals surface area contributed by atoms with Gasteiger partial charge >= 0.3 is 5.97 Å². The fraction of sp³-hybridized carbons (Fsp3) is 0.444. The molecule has 1 heterocycles. The molecule has 1 aliphatic heterocycles. The van der Waals surface area contributed by atoms with Gasteiger partial charge in [-0.2, -0.15) is 0 Å². The minimum atomic E-state index is -3.33. The highest BCUT2D eigenvalue weighted by Crippen LogP contribution is 2.30. The van der Waals surface area contributed by atoms with Gasteiger partial charge in [0.05, 0.1) is 17.5 Å². The van der Waals surface area contributed by atoms with Gasteiger partial charge in [-0.1, -0.05) is 12.2 Å². The lowest BCUT2D eigenvalue weighted by Crippen LogP contribution is -2.35. The van der Waals surface area contributed by atoms with Crippen LogP contribution in [0.25, 0.3) is 0 Å². The number of benzene rings is 1. The molecule has 8 heteroatoms. The zero-order chi connectivity index (χ0) is 19.5. The summed E-state index contributed by atoms with van der Waals surface area (Å²) in [6.45, 7) is 8.39. The Morgan fingerprint density at radius 1 is 1.35 bits per heavy atom. The van der Waals surface area contributed by atoms with Crippen molar-refractivity contribution >= 4 is 27.6 Å². The average molecular weight is 380 g/mol. The summed E-state index contributed by atoms with van der Waals surface area (Å²) in [6, 6.07) is 4.74. The van der Waals surface area contributed by atoms with Crippen molar-refractivity contribution in [2.24, 2.45) is 0 Å². The third kappa shape index (κ3) is 4.63. The van der Waals surface area contributed by atoms with Gasteiger partial charge < -0.3 is 9.64 Å². The molecule has 0 saturated heterocycles. The molecule has 2 rings (SSSR count). The summed E-state index contributed by atoms with van der Waals surface area (Å²) in [5.41, 5.74) is 2.50. The number of carbonyl (C=O) groups is 2. The number of carbonyl (C=O) groups excluding carboxylic acids is 2. The molecular weight excluding hydrogens is 356 g/mol. The quantitative estimate of drug-likeness (QED) is 0.530. The highest BCUT2D eigenvalue weighted by atomic mass is 32.2. The Labute approximate surface area is 154 Å². The van der Waals surface area contributed by atoms with E-state index in [0.29, 0.717) is 37.3 Å². The number of fused-ring (bicyclic) bond motifs is 1. The monoisotopic (exact) mass is 380 g/mol. The van der Waals surface area contributed by atoms with Crippen molar-refractivity contribution in [3.63, 3.8) is 0 Å². The molecule has 0 radical (unpaired) electrons. The highest BCUT2D eigenvalue weighted by molar-refractivity contribution is 7.92. The van der Waals surface area contributed by atoms with E-state index in [0.717, 1.165) is 17.4 Å². The molecule has 1 aromatic carbocycles. The van der Waals surface area contributed by atoms with Crippen molar-refractivity contribution < 1.29 is 22.7 Å². The average Bonchev–Trinajstić information content (AvgIpc) is 3.00. The van der Waals surface area contributed by atoms with Gasteiger partial charge in [-0.15, -0.1) is 0 Å². The van der Waals surface area contributed by atoms with Crippen LogP contribution in [-0.4, -0.2) is 57.7 Å². The third-order valence-corrected chi connectivity index (χ3v) is 5.27. The second-order valence-corrected chi connectivity index (χ2v) is 8.28. The largest absolute Gasteiger partial charge is 0.452 e. The molecule has 0 saturated carbocycles. The zero-order valence-electron chi connectivity index (χ0n) is 15.3. The van der Waals surface area contributed by atoms with Crippen LogP contribution in [0.4, 0.5) is 5.69 Å². The number of hydrogen-bond donors (Lipinski definition) is 0. The summed E-state index contributed by atoms with van der Waals surface area (Å²) in [5.74, 6) is -0.890. The van der Waals surface area contributed by atoms with E-state index < -0.39 is 16.0 Å². The minimum absolute atomic E-state index is 0.284. The van der Waals surface area contributed by atoms with E-state index >= 15 is 0 Å². The van der Waals surface area contributed by atoms with E-state index in [-0.39, 0.29) is 12.5 Å². The Bertz CT molecular complexity index is 832.